The van der Waals surface area contributed by atoms with Crippen molar-refractivity contribution in [2.24, 2.45) is 0 Å². The molecule has 27 heavy (non-hydrogen) atoms. The van der Waals surface area contributed by atoms with Gasteiger partial charge in [-0.05, 0) is 42.1 Å². The first-order valence-electron chi connectivity index (χ1n) is 8.54. The second-order valence-electron chi connectivity index (χ2n) is 5.98. The monoisotopic (exact) mass is 394 g/mol. The van der Waals surface area contributed by atoms with Gasteiger partial charge in [-0.15, -0.1) is 5.10 Å². The zero-order valence-electron chi connectivity index (χ0n) is 14.8. The molecule has 0 atom stereocenters. The molecule has 0 spiro atoms. The van der Waals surface area contributed by atoms with Gasteiger partial charge in [0.1, 0.15) is 5.52 Å². The van der Waals surface area contributed by atoms with Gasteiger partial charge in [-0.3, -0.25) is 4.79 Å². The van der Waals surface area contributed by atoms with Crippen LogP contribution in [0.4, 0.5) is 0 Å². The zero-order valence-corrected chi connectivity index (χ0v) is 16.4. The lowest BCUT2D eigenvalue weighted by Crippen LogP contribution is -2.52. The Hall–Kier alpha value is -2.64. The molecule has 7 heteroatoms. The summed E-state index contributed by atoms with van der Waals surface area (Å²) in [5, 5.41) is 3.97. The summed E-state index contributed by atoms with van der Waals surface area (Å²) < 4.78 is 9.29. The van der Waals surface area contributed by atoms with Gasteiger partial charge < -0.3 is 0 Å². The summed E-state index contributed by atoms with van der Waals surface area (Å²) >= 11 is 2.47. The van der Waals surface area contributed by atoms with Crippen molar-refractivity contribution in [2.75, 3.05) is 6.26 Å². The highest BCUT2D eigenvalue weighted by Gasteiger charge is 2.27. The van der Waals surface area contributed by atoms with Gasteiger partial charge in [-0.2, -0.15) is 9.13 Å². The molecule has 4 aromatic rings. The minimum absolute atomic E-state index is 0.0663. The fourth-order valence-electron chi connectivity index (χ4n) is 3.10. The summed E-state index contributed by atoms with van der Waals surface area (Å²) in [6.45, 7) is 2.13. The summed E-state index contributed by atoms with van der Waals surface area (Å²) in [6.07, 6.45) is 6.06. The Balaban J connectivity index is 0.000000134. The lowest BCUT2D eigenvalue weighted by atomic mass is 10.2. The first-order valence-corrected chi connectivity index (χ1v) is 10.5. The van der Waals surface area contributed by atoms with Gasteiger partial charge in [0, 0.05) is 29.8 Å². The SMILES string of the molecule is CSC(=O)c1cccc2nnsc12.c1cc[n+]2c(c1)-c1cccc[n+]1CC2. The summed E-state index contributed by atoms with van der Waals surface area (Å²) in [7, 11) is 0. The number of hydrogen-bond donors (Lipinski definition) is 0. The molecule has 3 aromatic heterocycles. The molecule has 1 aliphatic rings. The van der Waals surface area contributed by atoms with Crippen LogP contribution in [0.1, 0.15) is 10.4 Å². The van der Waals surface area contributed by atoms with E-state index in [0.717, 1.165) is 23.3 Å². The smallest absolute Gasteiger partial charge is 0.277 e. The molecule has 4 heterocycles. The predicted molar refractivity (Wildman–Crippen MR) is 108 cm³/mol. The van der Waals surface area contributed by atoms with E-state index in [0.29, 0.717) is 5.56 Å². The van der Waals surface area contributed by atoms with Crippen LogP contribution in [-0.4, -0.2) is 21.0 Å². The van der Waals surface area contributed by atoms with Gasteiger partial charge in [0.15, 0.2) is 12.4 Å². The van der Waals surface area contributed by atoms with Crippen molar-refractivity contribution in [3.05, 3.63) is 72.6 Å². The molecule has 0 aliphatic carbocycles. The highest BCUT2D eigenvalue weighted by Crippen LogP contribution is 2.23. The van der Waals surface area contributed by atoms with Crippen molar-refractivity contribution in [1.29, 1.82) is 0 Å². The molecule has 0 saturated heterocycles. The first-order chi connectivity index (χ1) is 13.3. The highest BCUT2D eigenvalue weighted by atomic mass is 32.2. The van der Waals surface area contributed by atoms with Crippen molar-refractivity contribution in [1.82, 2.24) is 9.59 Å². The van der Waals surface area contributed by atoms with Gasteiger partial charge >= 0.3 is 0 Å². The van der Waals surface area contributed by atoms with E-state index in [1.54, 1.807) is 12.3 Å². The molecule has 1 aromatic carbocycles. The number of aryl methyl sites for hydroxylation is 2. The third kappa shape index (κ3) is 3.61. The second kappa shape index (κ2) is 7.94. The number of nitrogens with zero attached hydrogens (tertiary/aromatic N) is 4. The van der Waals surface area contributed by atoms with Crippen molar-refractivity contribution in [2.45, 2.75) is 13.1 Å². The van der Waals surface area contributed by atoms with Gasteiger partial charge in [0.25, 0.3) is 11.4 Å². The molecule has 0 bridgehead atoms. The van der Waals surface area contributed by atoms with Crippen LogP contribution in [0, 0.1) is 0 Å². The van der Waals surface area contributed by atoms with Crippen LogP contribution >= 0.6 is 23.3 Å². The number of carbonyl (C=O) groups is 1. The molecule has 5 nitrogen and oxygen atoms in total. The summed E-state index contributed by atoms with van der Waals surface area (Å²) in [4.78, 5) is 11.4. The molecule has 0 radical (unpaired) electrons. The van der Waals surface area contributed by atoms with Crippen molar-refractivity contribution in [3.8, 4) is 11.4 Å². The fourth-order valence-corrected chi connectivity index (χ4v) is 4.23. The predicted octanol–water partition coefficient (Wildman–Crippen LogP) is 3.14. The maximum absolute atomic E-state index is 11.4. The lowest BCUT2D eigenvalue weighted by Gasteiger charge is -2.08. The third-order valence-corrected chi connectivity index (χ3v) is 5.77. The lowest BCUT2D eigenvalue weighted by molar-refractivity contribution is -0.794. The van der Waals surface area contributed by atoms with Crippen molar-refractivity contribution < 1.29 is 13.9 Å². The number of benzene rings is 1. The summed E-state index contributed by atoms with van der Waals surface area (Å²) in [6, 6.07) is 18.2. The van der Waals surface area contributed by atoms with Crippen LogP contribution in [0.3, 0.4) is 0 Å². The van der Waals surface area contributed by atoms with Crippen molar-refractivity contribution in [3.63, 3.8) is 0 Å². The Morgan fingerprint density at radius 2 is 1.63 bits per heavy atom. The molecular weight excluding hydrogens is 376 g/mol. The maximum Gasteiger partial charge on any atom is 0.277 e. The number of pyridine rings is 2. The van der Waals surface area contributed by atoms with Crippen molar-refractivity contribution >= 4 is 38.6 Å². The molecule has 5 rings (SSSR count). The fraction of sp³-hybridized carbons (Fsp3) is 0.150. The molecule has 0 fully saturated rings. The van der Waals surface area contributed by atoms with E-state index in [9.17, 15) is 4.79 Å². The van der Waals surface area contributed by atoms with Gasteiger partial charge in [0.2, 0.25) is 18.2 Å². The van der Waals surface area contributed by atoms with Crippen LogP contribution < -0.4 is 9.13 Å². The second-order valence-corrected chi connectivity index (χ2v) is 7.51. The maximum atomic E-state index is 11.4. The zero-order chi connectivity index (χ0) is 18.6. The van der Waals surface area contributed by atoms with E-state index >= 15 is 0 Å². The van der Waals surface area contributed by atoms with Gasteiger partial charge in [0.05, 0.1) is 4.70 Å². The molecule has 0 N–H and O–H groups in total. The number of aromatic nitrogens is 4. The molecule has 0 saturated carbocycles. The molecule has 0 amide bonds. The molecule has 0 unspecified atom stereocenters. The van der Waals surface area contributed by atoms with Crippen LogP contribution in [0.2, 0.25) is 0 Å². The highest BCUT2D eigenvalue weighted by molar-refractivity contribution is 8.13. The van der Waals surface area contributed by atoms with E-state index in [4.69, 9.17) is 0 Å². The molecule has 134 valence electrons. The quantitative estimate of drug-likeness (QED) is 0.466. The Morgan fingerprint density at radius 3 is 2.26 bits per heavy atom. The van der Waals surface area contributed by atoms with E-state index in [-0.39, 0.29) is 5.12 Å². The minimum atomic E-state index is 0.0663. The Bertz CT molecular complexity index is 1060. The number of rotatable bonds is 1. The first kappa shape index (κ1) is 17.8. The largest absolute Gasteiger partial charge is 0.282 e. The van der Waals surface area contributed by atoms with Gasteiger partial charge in [-0.1, -0.05) is 22.3 Å². The normalized spacial score (nSPS) is 11.9. The Kier molecular flexibility index (Phi) is 5.22. The van der Waals surface area contributed by atoms with E-state index in [1.807, 2.05) is 12.1 Å². The van der Waals surface area contributed by atoms with Gasteiger partial charge in [-0.25, -0.2) is 0 Å². The molecular formula is C20H18N4OS2+2. The van der Waals surface area contributed by atoms with E-state index in [1.165, 1.54) is 34.7 Å². The third-order valence-electron chi connectivity index (χ3n) is 4.41. The van der Waals surface area contributed by atoms with E-state index < -0.39 is 0 Å². The van der Waals surface area contributed by atoms with Crippen LogP contribution in [0.15, 0.2) is 67.0 Å². The Labute approximate surface area is 165 Å². The van der Waals surface area contributed by atoms with Crippen LogP contribution in [0.25, 0.3) is 21.6 Å². The number of fused-ring (bicyclic) bond motifs is 4. The number of hydrogen-bond acceptors (Lipinski definition) is 5. The van der Waals surface area contributed by atoms with Crippen LogP contribution in [0.5, 0.6) is 0 Å². The summed E-state index contributed by atoms with van der Waals surface area (Å²) in [5.74, 6) is 0. The standard InChI is InChI=1S/C12H12N2.C8H6N2OS2/c1-3-7-13-9-10-14-8-4-2-6-12(14)11(13)5-1;1-12-8(11)5-3-2-4-6-7(5)13-10-9-6/h1-8H,9-10H2;2-4H,1H3/q+2;. The minimum Gasteiger partial charge on any atom is -0.282 e. The average molecular weight is 395 g/mol. The number of carbonyl (C=O) groups excluding carboxylic acids is 1. The number of thioether (sulfide) groups is 1. The topological polar surface area (TPSA) is 50.6 Å². The van der Waals surface area contributed by atoms with Crippen LogP contribution in [-0.2, 0) is 13.1 Å². The summed E-state index contributed by atoms with van der Waals surface area (Å²) in [5.41, 5.74) is 4.11. The molecule has 1 aliphatic heterocycles. The van der Waals surface area contributed by atoms with E-state index in [2.05, 4.69) is 67.5 Å². The Morgan fingerprint density at radius 1 is 0.963 bits per heavy atom. The average Bonchev–Trinajstić information content (AvgIpc) is 3.22.